The Bertz CT molecular complexity index is 769. The van der Waals surface area contributed by atoms with Crippen LogP contribution in [0.1, 0.15) is 42.1 Å². The van der Waals surface area contributed by atoms with Gasteiger partial charge in [-0.3, -0.25) is 9.59 Å². The van der Waals surface area contributed by atoms with Crippen molar-refractivity contribution in [2.75, 3.05) is 17.2 Å². The lowest BCUT2D eigenvalue weighted by Gasteiger charge is -2.10. The summed E-state index contributed by atoms with van der Waals surface area (Å²) in [6.45, 7) is 2.73. The standard InChI is InChI=1S/C20H22N2O3/c1-2-12-25-17-9-7-16(8-10-17)21-20(24)15-6-11-18-14(13-15)4-3-5-19(23)22-18/h6-11,13H,2-5,12H2,1H3,(H,21,24)(H,22,23). The Balaban J connectivity index is 1.69. The van der Waals surface area contributed by atoms with Crippen LogP contribution < -0.4 is 15.4 Å². The number of fused-ring (bicyclic) bond motifs is 1. The SMILES string of the molecule is CCCOc1ccc(NC(=O)c2ccc3c(c2)CCCC(=O)N3)cc1. The molecule has 0 atom stereocenters. The Morgan fingerprint density at radius 3 is 2.72 bits per heavy atom. The average Bonchev–Trinajstić information content (AvgIpc) is 2.81. The summed E-state index contributed by atoms with van der Waals surface area (Å²) in [5.41, 5.74) is 3.11. The molecule has 25 heavy (non-hydrogen) atoms. The zero-order valence-electron chi connectivity index (χ0n) is 14.3. The molecule has 2 aromatic carbocycles. The molecular weight excluding hydrogens is 316 g/mol. The molecule has 1 heterocycles. The predicted octanol–water partition coefficient (Wildman–Crippen LogP) is 4.00. The van der Waals surface area contributed by atoms with Crippen molar-refractivity contribution >= 4 is 23.2 Å². The molecule has 1 aliphatic rings. The molecule has 2 aromatic rings. The molecule has 0 aromatic heterocycles. The fourth-order valence-corrected chi connectivity index (χ4v) is 2.77. The van der Waals surface area contributed by atoms with E-state index in [1.54, 1.807) is 12.1 Å². The summed E-state index contributed by atoms with van der Waals surface area (Å²) in [4.78, 5) is 24.1. The van der Waals surface area contributed by atoms with E-state index < -0.39 is 0 Å². The maximum atomic E-state index is 12.5. The van der Waals surface area contributed by atoms with Crippen molar-refractivity contribution in [3.05, 3.63) is 53.6 Å². The van der Waals surface area contributed by atoms with Crippen molar-refractivity contribution in [2.45, 2.75) is 32.6 Å². The Hall–Kier alpha value is -2.82. The van der Waals surface area contributed by atoms with Crippen molar-refractivity contribution in [3.8, 4) is 5.75 Å². The van der Waals surface area contributed by atoms with Gasteiger partial charge in [-0.2, -0.15) is 0 Å². The molecule has 2 N–H and O–H groups in total. The highest BCUT2D eigenvalue weighted by Gasteiger charge is 2.15. The molecule has 0 aliphatic carbocycles. The molecule has 3 rings (SSSR count). The number of carbonyl (C=O) groups is 2. The van der Waals surface area contributed by atoms with E-state index in [1.807, 2.05) is 30.3 Å². The molecule has 0 saturated carbocycles. The molecule has 0 radical (unpaired) electrons. The Morgan fingerprint density at radius 1 is 1.16 bits per heavy atom. The van der Waals surface area contributed by atoms with E-state index in [4.69, 9.17) is 4.74 Å². The molecule has 0 bridgehead atoms. The van der Waals surface area contributed by atoms with E-state index in [0.29, 0.717) is 18.6 Å². The van der Waals surface area contributed by atoms with Crippen LogP contribution >= 0.6 is 0 Å². The Morgan fingerprint density at radius 2 is 1.96 bits per heavy atom. The van der Waals surface area contributed by atoms with Crippen molar-refractivity contribution in [3.63, 3.8) is 0 Å². The van der Waals surface area contributed by atoms with E-state index >= 15 is 0 Å². The summed E-state index contributed by atoms with van der Waals surface area (Å²) in [6, 6.07) is 12.7. The molecule has 5 heteroatoms. The number of nitrogens with one attached hydrogen (secondary N) is 2. The van der Waals surface area contributed by atoms with Crippen LogP contribution in [-0.4, -0.2) is 18.4 Å². The lowest BCUT2D eigenvalue weighted by Crippen LogP contribution is -2.13. The van der Waals surface area contributed by atoms with Crippen LogP contribution in [0.4, 0.5) is 11.4 Å². The monoisotopic (exact) mass is 338 g/mol. The number of anilines is 2. The number of aryl methyl sites for hydroxylation is 1. The maximum Gasteiger partial charge on any atom is 0.255 e. The average molecular weight is 338 g/mol. The van der Waals surface area contributed by atoms with Gasteiger partial charge in [0.25, 0.3) is 5.91 Å². The van der Waals surface area contributed by atoms with E-state index in [0.717, 1.165) is 42.0 Å². The smallest absolute Gasteiger partial charge is 0.255 e. The van der Waals surface area contributed by atoms with Crippen LogP contribution in [0.3, 0.4) is 0 Å². The minimum Gasteiger partial charge on any atom is -0.494 e. The van der Waals surface area contributed by atoms with Gasteiger partial charge in [-0.15, -0.1) is 0 Å². The van der Waals surface area contributed by atoms with Gasteiger partial charge in [0.2, 0.25) is 5.91 Å². The van der Waals surface area contributed by atoms with Crippen molar-refractivity contribution in [2.24, 2.45) is 0 Å². The lowest BCUT2D eigenvalue weighted by molar-refractivity contribution is -0.116. The number of rotatable bonds is 5. The largest absolute Gasteiger partial charge is 0.494 e. The highest BCUT2D eigenvalue weighted by molar-refractivity contribution is 6.05. The predicted molar refractivity (Wildman–Crippen MR) is 98.2 cm³/mol. The summed E-state index contributed by atoms with van der Waals surface area (Å²) in [5.74, 6) is 0.655. The van der Waals surface area contributed by atoms with Crippen molar-refractivity contribution in [1.82, 2.24) is 0 Å². The van der Waals surface area contributed by atoms with Gasteiger partial charge in [-0.1, -0.05) is 6.92 Å². The summed E-state index contributed by atoms with van der Waals surface area (Å²) in [7, 11) is 0. The molecular formula is C20H22N2O3. The van der Waals surface area contributed by atoms with Gasteiger partial charge in [0.05, 0.1) is 6.61 Å². The second kappa shape index (κ2) is 7.83. The van der Waals surface area contributed by atoms with Gasteiger partial charge in [-0.25, -0.2) is 0 Å². The Labute approximate surface area is 147 Å². The first kappa shape index (κ1) is 17.0. The van der Waals surface area contributed by atoms with Crippen LogP contribution in [0.5, 0.6) is 5.75 Å². The summed E-state index contributed by atoms with van der Waals surface area (Å²) in [6.07, 6.45) is 3.06. The fraction of sp³-hybridized carbons (Fsp3) is 0.300. The number of hydrogen-bond donors (Lipinski definition) is 2. The topological polar surface area (TPSA) is 67.4 Å². The van der Waals surface area contributed by atoms with Crippen LogP contribution in [0.25, 0.3) is 0 Å². The third-order valence-corrected chi connectivity index (χ3v) is 4.08. The molecule has 0 unspecified atom stereocenters. The second-order valence-electron chi connectivity index (χ2n) is 6.10. The number of carbonyl (C=O) groups excluding carboxylic acids is 2. The number of benzene rings is 2. The van der Waals surface area contributed by atoms with E-state index in [-0.39, 0.29) is 11.8 Å². The summed E-state index contributed by atoms with van der Waals surface area (Å²) < 4.78 is 5.54. The van der Waals surface area contributed by atoms with Crippen LogP contribution in [0, 0.1) is 0 Å². The third kappa shape index (κ3) is 4.38. The molecule has 0 spiro atoms. The fourth-order valence-electron chi connectivity index (χ4n) is 2.77. The minimum absolute atomic E-state index is 0.0290. The summed E-state index contributed by atoms with van der Waals surface area (Å²) >= 11 is 0. The number of amides is 2. The first-order valence-electron chi connectivity index (χ1n) is 8.62. The van der Waals surface area contributed by atoms with Crippen LogP contribution in [0.2, 0.25) is 0 Å². The molecule has 5 nitrogen and oxygen atoms in total. The quantitative estimate of drug-likeness (QED) is 0.866. The van der Waals surface area contributed by atoms with E-state index in [9.17, 15) is 9.59 Å². The normalized spacial score (nSPS) is 13.4. The van der Waals surface area contributed by atoms with Crippen molar-refractivity contribution in [1.29, 1.82) is 0 Å². The Kier molecular flexibility index (Phi) is 5.33. The molecule has 130 valence electrons. The second-order valence-corrected chi connectivity index (χ2v) is 6.10. The molecule has 1 aliphatic heterocycles. The van der Waals surface area contributed by atoms with Crippen LogP contribution in [-0.2, 0) is 11.2 Å². The maximum absolute atomic E-state index is 12.5. The van der Waals surface area contributed by atoms with Gasteiger partial charge in [-0.05, 0) is 67.3 Å². The van der Waals surface area contributed by atoms with E-state index in [2.05, 4.69) is 17.6 Å². The van der Waals surface area contributed by atoms with Gasteiger partial charge in [0.1, 0.15) is 5.75 Å². The minimum atomic E-state index is -0.166. The van der Waals surface area contributed by atoms with Crippen molar-refractivity contribution < 1.29 is 14.3 Å². The van der Waals surface area contributed by atoms with E-state index in [1.165, 1.54) is 0 Å². The highest BCUT2D eigenvalue weighted by atomic mass is 16.5. The highest BCUT2D eigenvalue weighted by Crippen LogP contribution is 2.24. The lowest BCUT2D eigenvalue weighted by atomic mass is 10.0. The van der Waals surface area contributed by atoms with Gasteiger partial charge >= 0.3 is 0 Å². The van der Waals surface area contributed by atoms with Gasteiger partial charge in [0, 0.05) is 23.4 Å². The third-order valence-electron chi connectivity index (χ3n) is 4.08. The number of ether oxygens (including phenoxy) is 1. The van der Waals surface area contributed by atoms with Gasteiger partial charge < -0.3 is 15.4 Å². The molecule has 2 amide bonds. The van der Waals surface area contributed by atoms with Gasteiger partial charge in [0.15, 0.2) is 0 Å². The first-order chi connectivity index (χ1) is 12.2. The molecule has 0 saturated heterocycles. The number of hydrogen-bond acceptors (Lipinski definition) is 3. The van der Waals surface area contributed by atoms with Crippen LogP contribution in [0.15, 0.2) is 42.5 Å². The molecule has 0 fully saturated rings. The zero-order chi connectivity index (χ0) is 17.6. The zero-order valence-corrected chi connectivity index (χ0v) is 14.3. The summed E-state index contributed by atoms with van der Waals surface area (Å²) in [5, 5.41) is 5.77. The first-order valence-corrected chi connectivity index (χ1v) is 8.62.